The van der Waals surface area contributed by atoms with E-state index in [-0.39, 0.29) is 11.2 Å². The van der Waals surface area contributed by atoms with Gasteiger partial charge in [-0.3, -0.25) is 4.79 Å². The highest BCUT2D eigenvalue weighted by molar-refractivity contribution is 7.92. The smallest absolute Gasteiger partial charge is 0.292 e. The largest absolute Gasteiger partial charge is 0.387 e. The third-order valence-corrected chi connectivity index (χ3v) is 15.1. The molecule has 4 aliphatic carbocycles. The summed E-state index contributed by atoms with van der Waals surface area (Å²) < 4.78 is 52.4. The number of carbonyl (C=O) groups is 1. The number of nitrogens with zero attached hydrogens (tertiary/aromatic N) is 3. The first-order valence-electron chi connectivity index (χ1n) is 19.1. The molecule has 0 radical (unpaired) electrons. The third kappa shape index (κ3) is 9.01. The van der Waals surface area contributed by atoms with Crippen molar-refractivity contribution in [3.05, 3.63) is 56.6 Å². The molecular weight excluding hydrogens is 699 g/mol. The van der Waals surface area contributed by atoms with Crippen molar-refractivity contribution in [1.82, 2.24) is 9.80 Å². The van der Waals surface area contributed by atoms with Crippen LogP contribution in [-0.2, 0) is 76.0 Å². The second kappa shape index (κ2) is 16.6. The second-order valence-electron chi connectivity index (χ2n) is 15.6. The number of benzene rings is 2. The number of nitrogens with one attached hydrogen (secondary N) is 1. The van der Waals surface area contributed by atoms with Crippen molar-refractivity contribution < 1.29 is 26.4 Å². The summed E-state index contributed by atoms with van der Waals surface area (Å²) in [7, 11) is -2.86. The first-order valence-corrected chi connectivity index (χ1v) is 22.5. The maximum atomic E-state index is 12.7. The molecule has 13 heteroatoms. The average Bonchev–Trinajstić information content (AvgIpc) is 3.92. The number of nitriles is 1. The van der Waals surface area contributed by atoms with Gasteiger partial charge < -0.3 is 19.9 Å². The van der Waals surface area contributed by atoms with E-state index < -0.39 is 30.9 Å². The molecule has 3 N–H and O–H groups in total. The van der Waals surface area contributed by atoms with Gasteiger partial charge in [0.2, 0.25) is 15.9 Å². The van der Waals surface area contributed by atoms with Crippen LogP contribution in [0.4, 0.5) is 5.69 Å². The fourth-order valence-electron chi connectivity index (χ4n) is 9.18. The number of sulfone groups is 1. The van der Waals surface area contributed by atoms with Crippen molar-refractivity contribution in [2.45, 2.75) is 113 Å². The number of primary sulfonamides is 1. The van der Waals surface area contributed by atoms with Crippen LogP contribution in [0.2, 0.25) is 0 Å². The van der Waals surface area contributed by atoms with E-state index in [1.54, 1.807) is 0 Å². The first-order chi connectivity index (χ1) is 24.8. The Morgan fingerprint density at radius 3 is 1.63 bits per heavy atom. The van der Waals surface area contributed by atoms with Crippen molar-refractivity contribution in [2.24, 2.45) is 5.14 Å². The van der Waals surface area contributed by atoms with Crippen molar-refractivity contribution in [1.29, 1.82) is 5.26 Å². The monoisotopic (exact) mass is 753 g/mol. The summed E-state index contributed by atoms with van der Waals surface area (Å²) in [5.74, 6) is 0.136. The minimum Gasteiger partial charge on any atom is -0.387 e. The number of hydrogen-bond donors (Lipinski definition) is 2. The Balaban J connectivity index is 0.000000150. The van der Waals surface area contributed by atoms with Crippen molar-refractivity contribution >= 4 is 31.5 Å². The Hall–Kier alpha value is -3.02. The van der Waals surface area contributed by atoms with E-state index in [2.05, 4.69) is 17.4 Å². The predicted octanol–water partition coefficient (Wildman–Crippen LogP) is 4.00. The summed E-state index contributed by atoms with van der Waals surface area (Å²) in [5.41, 5.74) is 11.6. The minimum absolute atomic E-state index is 0.346. The zero-order chi connectivity index (χ0) is 37.0. The number of sulfonamides is 1. The van der Waals surface area contributed by atoms with Gasteiger partial charge in [0.1, 0.15) is 11.5 Å². The first kappa shape index (κ1) is 38.7. The van der Waals surface area contributed by atoms with E-state index in [4.69, 9.17) is 15.1 Å². The Labute approximate surface area is 310 Å². The van der Waals surface area contributed by atoms with Crippen LogP contribution in [-0.4, -0.2) is 89.1 Å². The molecular formula is C39H55N5O6S2. The molecule has 0 bridgehead atoms. The van der Waals surface area contributed by atoms with Gasteiger partial charge in [-0.05, 0) is 174 Å². The van der Waals surface area contributed by atoms with Crippen LogP contribution in [0, 0.1) is 11.5 Å². The minimum atomic E-state index is -3.42. The summed E-state index contributed by atoms with van der Waals surface area (Å²) in [4.78, 5) is 16.7. The molecule has 2 unspecified atom stereocenters. The highest BCUT2D eigenvalue weighted by atomic mass is 32.2. The predicted molar refractivity (Wildman–Crippen MR) is 204 cm³/mol. The number of rotatable bonds is 6. The zero-order valence-corrected chi connectivity index (χ0v) is 32.5. The van der Waals surface area contributed by atoms with E-state index in [0.29, 0.717) is 25.9 Å². The Bertz CT molecular complexity index is 1860. The summed E-state index contributed by atoms with van der Waals surface area (Å²) in [6.07, 6.45) is 18.3. The molecule has 0 spiro atoms. The van der Waals surface area contributed by atoms with Crippen molar-refractivity contribution in [3.8, 4) is 12.0 Å². The Morgan fingerprint density at radius 2 is 1.19 bits per heavy atom. The molecule has 2 heterocycles. The fourth-order valence-corrected chi connectivity index (χ4v) is 11.8. The highest BCUT2D eigenvalue weighted by Gasteiger charge is 2.33. The van der Waals surface area contributed by atoms with Crippen LogP contribution < -0.4 is 15.2 Å². The van der Waals surface area contributed by atoms with Gasteiger partial charge in [-0.25, -0.2) is 22.0 Å². The normalized spacial score (nSPS) is 22.4. The lowest BCUT2D eigenvalue weighted by atomic mass is 9.98. The maximum Gasteiger partial charge on any atom is 0.292 e. The van der Waals surface area contributed by atoms with Crippen LogP contribution in [0.3, 0.4) is 0 Å². The van der Waals surface area contributed by atoms with Gasteiger partial charge in [0.15, 0.2) is 9.84 Å². The lowest BCUT2D eigenvalue weighted by Gasteiger charge is -2.29. The number of aryl methyl sites for hydroxylation is 4. The van der Waals surface area contributed by atoms with Crippen LogP contribution in [0.1, 0.15) is 95.9 Å². The van der Waals surface area contributed by atoms with Gasteiger partial charge in [0.25, 0.3) is 6.26 Å². The number of carbonyl (C=O) groups excluding carboxylic acids is 1. The molecule has 11 nitrogen and oxygen atoms in total. The highest BCUT2D eigenvalue weighted by Crippen LogP contribution is 2.40. The van der Waals surface area contributed by atoms with E-state index in [9.17, 15) is 21.6 Å². The number of nitrogens with two attached hydrogens (primary N) is 1. The molecule has 2 aromatic rings. The molecule has 1 amide bonds. The van der Waals surface area contributed by atoms with E-state index in [1.165, 1.54) is 57.3 Å². The SMILES string of the molecule is CN1CCCC(S(=O)(=O)CC(=O)Nc2c3c(cc4c2CCC4)CCC3)C1.CN1CCCC(S(N)(=O)=O)C1.N#COc1c2c(cc3c1CCC3)CCC2. The summed E-state index contributed by atoms with van der Waals surface area (Å²) in [5, 5.41) is 16.0. The van der Waals surface area contributed by atoms with Gasteiger partial charge >= 0.3 is 0 Å². The van der Waals surface area contributed by atoms with Gasteiger partial charge in [0.05, 0.1) is 10.5 Å². The Kier molecular flexibility index (Phi) is 12.3. The lowest BCUT2D eigenvalue weighted by molar-refractivity contribution is -0.113. The van der Waals surface area contributed by atoms with E-state index in [1.807, 2.05) is 30.2 Å². The number of anilines is 1. The van der Waals surface area contributed by atoms with Gasteiger partial charge in [0, 0.05) is 18.8 Å². The van der Waals surface area contributed by atoms with E-state index in [0.717, 1.165) is 102 Å². The van der Waals surface area contributed by atoms with Crippen LogP contribution in [0.15, 0.2) is 12.1 Å². The molecule has 0 saturated carbocycles. The maximum absolute atomic E-state index is 12.7. The van der Waals surface area contributed by atoms with Gasteiger partial charge in [-0.15, -0.1) is 5.26 Å². The second-order valence-corrected chi connectivity index (χ2v) is 19.7. The molecule has 0 aromatic heterocycles. The molecule has 2 aromatic carbocycles. The number of ether oxygens (including phenoxy) is 1. The van der Waals surface area contributed by atoms with E-state index >= 15 is 0 Å². The number of amides is 1. The molecule has 2 aliphatic heterocycles. The lowest BCUT2D eigenvalue weighted by Crippen LogP contribution is -2.42. The molecule has 284 valence electrons. The zero-order valence-electron chi connectivity index (χ0n) is 30.8. The van der Waals surface area contributed by atoms with Crippen molar-refractivity contribution in [3.63, 3.8) is 0 Å². The summed E-state index contributed by atoms with van der Waals surface area (Å²) >= 11 is 0. The van der Waals surface area contributed by atoms with Crippen LogP contribution >= 0.6 is 0 Å². The molecule has 2 fully saturated rings. The Morgan fingerprint density at radius 1 is 0.750 bits per heavy atom. The average molecular weight is 754 g/mol. The molecule has 2 saturated heterocycles. The molecule has 6 aliphatic rings. The molecule has 52 heavy (non-hydrogen) atoms. The van der Waals surface area contributed by atoms with Gasteiger partial charge in [-0.2, -0.15) is 0 Å². The summed E-state index contributed by atoms with van der Waals surface area (Å²) in [6, 6.07) is 4.66. The third-order valence-electron chi connectivity index (χ3n) is 11.8. The topological polar surface area (TPSA) is 163 Å². The number of piperidine rings is 2. The number of likely N-dealkylation sites (tertiary alicyclic amines) is 2. The van der Waals surface area contributed by atoms with Gasteiger partial charge in [-0.1, -0.05) is 12.1 Å². The summed E-state index contributed by atoms with van der Waals surface area (Å²) in [6.45, 7) is 3.02. The standard InChI is InChI=1S/C20H28N2O3S.C13H13NO.C6H14N2O2S/c1-22-10-4-7-16(12-22)26(24,25)13-19(23)21-20-17-8-2-5-14(17)11-15-6-3-9-18(15)20;14-8-15-13-11-5-1-3-9(11)7-10-4-2-6-12(10)13;1-8-4-2-3-6(5-8)11(7,9)10/h11,16H,2-10,12-13H2,1H3,(H,21,23);7H,1-6H2;6H,2-5H2,1H3,(H2,7,9,10). The molecule has 2 atom stereocenters. The quantitative estimate of drug-likeness (QED) is 0.416. The molecule has 8 rings (SSSR count). The number of fused-ring (bicyclic) bond motifs is 4. The number of hydrogen-bond acceptors (Lipinski definition) is 9. The van der Waals surface area contributed by atoms with Crippen molar-refractivity contribution in [2.75, 3.05) is 51.3 Å². The van der Waals surface area contributed by atoms with Crippen LogP contribution in [0.25, 0.3) is 0 Å². The van der Waals surface area contributed by atoms with Crippen LogP contribution in [0.5, 0.6) is 5.75 Å². The fraction of sp³-hybridized carbons (Fsp3) is 0.641.